The molecule has 0 unspecified atom stereocenters. The molecule has 21 heavy (non-hydrogen) atoms. The van der Waals surface area contributed by atoms with Crippen molar-refractivity contribution in [3.63, 3.8) is 0 Å². The summed E-state index contributed by atoms with van der Waals surface area (Å²) in [5, 5.41) is 3.17. The predicted octanol–water partition coefficient (Wildman–Crippen LogP) is 3.82. The van der Waals surface area contributed by atoms with Gasteiger partial charge in [0.05, 0.1) is 17.7 Å². The third kappa shape index (κ3) is 7.94. The van der Waals surface area contributed by atoms with E-state index in [1.54, 1.807) is 13.2 Å². The number of rotatable bonds is 9. The second-order valence-electron chi connectivity index (χ2n) is 4.04. The number of alkyl halides is 3. The molecule has 120 valence electrons. The Hall–Kier alpha value is -0.440. The third-order valence-corrected chi connectivity index (χ3v) is 3.76. The van der Waals surface area contributed by atoms with E-state index < -0.39 is 5.51 Å². The number of benzene rings is 1. The first kappa shape index (κ1) is 18.6. The Bertz CT molecular complexity index is 432. The molecule has 0 radical (unpaired) electrons. The highest BCUT2D eigenvalue weighted by Crippen LogP contribution is 2.32. The van der Waals surface area contributed by atoms with Crippen molar-refractivity contribution >= 4 is 27.7 Å². The van der Waals surface area contributed by atoms with Crippen molar-refractivity contribution in [2.75, 3.05) is 32.6 Å². The van der Waals surface area contributed by atoms with Crippen LogP contribution in [0.5, 0.6) is 5.75 Å². The van der Waals surface area contributed by atoms with E-state index >= 15 is 0 Å². The van der Waals surface area contributed by atoms with E-state index in [0.29, 0.717) is 25.4 Å². The number of thioether (sulfide) groups is 1. The van der Waals surface area contributed by atoms with Crippen molar-refractivity contribution in [1.82, 2.24) is 5.32 Å². The summed E-state index contributed by atoms with van der Waals surface area (Å²) in [5.41, 5.74) is -3.33. The number of hydrogen-bond donors (Lipinski definition) is 1. The van der Waals surface area contributed by atoms with Gasteiger partial charge in [0, 0.05) is 31.5 Å². The summed E-state index contributed by atoms with van der Waals surface area (Å²) in [6.45, 7) is 1.83. The predicted molar refractivity (Wildman–Crippen MR) is 81.7 cm³/mol. The van der Waals surface area contributed by atoms with Crippen LogP contribution in [0, 0.1) is 0 Å². The van der Waals surface area contributed by atoms with Crippen LogP contribution in [-0.4, -0.2) is 38.1 Å². The highest BCUT2D eigenvalue weighted by molar-refractivity contribution is 9.10. The first-order chi connectivity index (χ1) is 9.94. The average Bonchev–Trinajstić information content (AvgIpc) is 2.40. The zero-order valence-electron chi connectivity index (χ0n) is 11.5. The lowest BCUT2D eigenvalue weighted by Gasteiger charge is -2.14. The molecule has 1 aromatic rings. The fourth-order valence-corrected chi connectivity index (χ4v) is 2.47. The summed E-state index contributed by atoms with van der Waals surface area (Å²) in [7, 11) is 1.62. The molecular weight excluding hydrogens is 371 g/mol. The van der Waals surface area contributed by atoms with Crippen LogP contribution < -0.4 is 10.1 Å². The van der Waals surface area contributed by atoms with Crippen LogP contribution in [0.2, 0.25) is 0 Å². The Labute approximate surface area is 134 Å². The van der Waals surface area contributed by atoms with Crippen LogP contribution in [0.4, 0.5) is 13.2 Å². The zero-order chi connectivity index (χ0) is 15.7. The molecule has 0 bridgehead atoms. The van der Waals surface area contributed by atoms with Crippen LogP contribution in [-0.2, 0) is 11.3 Å². The molecule has 0 aliphatic heterocycles. The third-order valence-electron chi connectivity index (χ3n) is 2.44. The number of ether oxygens (including phenoxy) is 2. The number of hydrogen-bond acceptors (Lipinski definition) is 4. The Balaban J connectivity index is 2.51. The van der Waals surface area contributed by atoms with E-state index in [4.69, 9.17) is 9.47 Å². The number of para-hydroxylation sites is 1. The monoisotopic (exact) mass is 387 g/mol. The molecule has 0 spiro atoms. The van der Waals surface area contributed by atoms with E-state index in [1.807, 2.05) is 12.1 Å². The molecule has 1 rings (SSSR count). The molecular formula is C13H17BrF3NO2S. The van der Waals surface area contributed by atoms with Gasteiger partial charge in [0.1, 0.15) is 5.75 Å². The van der Waals surface area contributed by atoms with Crippen LogP contribution in [0.1, 0.15) is 5.56 Å². The first-order valence-corrected chi connectivity index (χ1v) is 8.02. The van der Waals surface area contributed by atoms with Gasteiger partial charge in [-0.2, -0.15) is 13.2 Å². The van der Waals surface area contributed by atoms with Crippen molar-refractivity contribution in [3.8, 4) is 5.75 Å². The molecule has 0 aliphatic rings. The second-order valence-corrected chi connectivity index (χ2v) is 6.05. The normalized spacial score (nSPS) is 11.7. The molecule has 1 N–H and O–H groups in total. The molecule has 0 atom stereocenters. The minimum Gasteiger partial charge on any atom is -0.491 e. The summed E-state index contributed by atoms with van der Waals surface area (Å²) in [6.07, 6.45) is 0. The molecule has 3 nitrogen and oxygen atoms in total. The molecule has 0 amide bonds. The van der Waals surface area contributed by atoms with Gasteiger partial charge < -0.3 is 14.8 Å². The summed E-state index contributed by atoms with van der Waals surface area (Å²) in [4.78, 5) is 0. The van der Waals surface area contributed by atoms with Gasteiger partial charge in [0.25, 0.3) is 0 Å². The fraction of sp³-hybridized carbons (Fsp3) is 0.538. The first-order valence-electron chi connectivity index (χ1n) is 6.24. The largest absolute Gasteiger partial charge is 0.491 e. The lowest BCUT2D eigenvalue weighted by molar-refractivity contribution is -0.0329. The maximum absolute atomic E-state index is 12.1. The topological polar surface area (TPSA) is 30.5 Å². The van der Waals surface area contributed by atoms with E-state index in [1.165, 1.54) is 0 Å². The smallest absolute Gasteiger partial charge is 0.441 e. The van der Waals surface area contributed by atoms with E-state index in [9.17, 15) is 13.2 Å². The van der Waals surface area contributed by atoms with Crippen molar-refractivity contribution < 1.29 is 22.6 Å². The summed E-state index contributed by atoms with van der Waals surface area (Å²) >= 11 is 3.27. The molecule has 0 aromatic heterocycles. The maximum Gasteiger partial charge on any atom is 0.441 e. The molecule has 0 saturated heterocycles. The van der Waals surface area contributed by atoms with E-state index in [-0.39, 0.29) is 24.1 Å². The zero-order valence-corrected chi connectivity index (χ0v) is 13.9. The van der Waals surface area contributed by atoms with Crippen molar-refractivity contribution in [3.05, 3.63) is 28.2 Å². The summed E-state index contributed by atoms with van der Waals surface area (Å²) in [6, 6.07) is 5.52. The van der Waals surface area contributed by atoms with E-state index in [2.05, 4.69) is 21.2 Å². The van der Waals surface area contributed by atoms with Gasteiger partial charge >= 0.3 is 5.51 Å². The molecule has 8 heteroatoms. The average molecular weight is 388 g/mol. The minimum atomic E-state index is -4.22. The van der Waals surface area contributed by atoms with Gasteiger partial charge in [-0.15, -0.1) is 0 Å². The Kier molecular flexibility index (Phi) is 8.46. The van der Waals surface area contributed by atoms with Gasteiger partial charge in [-0.05, 0) is 33.8 Å². The Morgan fingerprint density at radius 1 is 1.29 bits per heavy atom. The summed E-state index contributed by atoms with van der Waals surface area (Å²) < 4.78 is 47.3. The number of methoxy groups -OCH3 is 1. The van der Waals surface area contributed by atoms with E-state index in [0.717, 1.165) is 10.0 Å². The van der Waals surface area contributed by atoms with Gasteiger partial charge in [-0.3, -0.25) is 0 Å². The fourth-order valence-electron chi connectivity index (χ4n) is 1.55. The molecule has 0 aliphatic carbocycles. The van der Waals surface area contributed by atoms with Gasteiger partial charge in [0.15, 0.2) is 0 Å². The highest BCUT2D eigenvalue weighted by atomic mass is 79.9. The lowest BCUT2D eigenvalue weighted by atomic mass is 10.2. The second kappa shape index (κ2) is 9.55. The standard InChI is InChI=1S/C13H17BrF3NO2S/c1-19-6-5-18-9-10-3-2-4-11(14)12(10)20-7-8-21-13(15,16)17/h2-4,18H,5-9H2,1H3. The number of halogens is 4. The van der Waals surface area contributed by atoms with Crippen LogP contribution >= 0.6 is 27.7 Å². The maximum atomic E-state index is 12.1. The molecule has 0 fully saturated rings. The van der Waals surface area contributed by atoms with Gasteiger partial charge in [-0.25, -0.2) is 0 Å². The Morgan fingerprint density at radius 3 is 2.71 bits per heavy atom. The molecule has 0 heterocycles. The highest BCUT2D eigenvalue weighted by Gasteiger charge is 2.27. The Morgan fingerprint density at radius 2 is 2.05 bits per heavy atom. The van der Waals surface area contributed by atoms with Crippen molar-refractivity contribution in [2.45, 2.75) is 12.1 Å². The SMILES string of the molecule is COCCNCc1cccc(Br)c1OCCSC(F)(F)F. The van der Waals surface area contributed by atoms with Crippen LogP contribution in [0.3, 0.4) is 0 Å². The quantitative estimate of drug-likeness (QED) is 0.652. The molecule has 1 aromatic carbocycles. The number of nitrogens with one attached hydrogen (secondary N) is 1. The summed E-state index contributed by atoms with van der Waals surface area (Å²) in [5.74, 6) is 0.437. The van der Waals surface area contributed by atoms with Gasteiger partial charge in [-0.1, -0.05) is 12.1 Å². The van der Waals surface area contributed by atoms with Crippen molar-refractivity contribution in [2.24, 2.45) is 0 Å². The minimum absolute atomic E-state index is 0.00212. The molecule has 0 saturated carbocycles. The van der Waals surface area contributed by atoms with Crippen molar-refractivity contribution in [1.29, 1.82) is 0 Å². The lowest BCUT2D eigenvalue weighted by Crippen LogP contribution is -2.19. The van der Waals surface area contributed by atoms with Crippen LogP contribution in [0.25, 0.3) is 0 Å². The van der Waals surface area contributed by atoms with Crippen LogP contribution in [0.15, 0.2) is 22.7 Å². The van der Waals surface area contributed by atoms with Gasteiger partial charge in [0.2, 0.25) is 0 Å².